The number of hydrogen-bond acceptors (Lipinski definition) is 5. The van der Waals surface area contributed by atoms with Gasteiger partial charge in [-0.2, -0.15) is 13.2 Å². The number of para-hydroxylation sites is 1. The van der Waals surface area contributed by atoms with Gasteiger partial charge in [0.25, 0.3) is 0 Å². The van der Waals surface area contributed by atoms with Crippen molar-refractivity contribution in [3.8, 4) is 5.75 Å². The van der Waals surface area contributed by atoms with Crippen LogP contribution in [0, 0.1) is 0 Å². The number of anilines is 1. The van der Waals surface area contributed by atoms with E-state index in [1.807, 2.05) is 24.3 Å². The molecule has 0 atom stereocenters. The summed E-state index contributed by atoms with van der Waals surface area (Å²) in [6, 6.07) is 7.43. The summed E-state index contributed by atoms with van der Waals surface area (Å²) in [6.07, 6.45) is 3.25. The Hall–Kier alpha value is -2.07. The minimum absolute atomic E-state index is 0.239. The first-order chi connectivity index (χ1) is 12.3. The third-order valence-corrected chi connectivity index (χ3v) is 4.91. The molecule has 0 spiro atoms. The highest BCUT2D eigenvalue weighted by Crippen LogP contribution is 2.28. The predicted octanol–water partition coefficient (Wildman–Crippen LogP) is 3.26. The summed E-state index contributed by atoms with van der Waals surface area (Å²) >= 11 is 0. The van der Waals surface area contributed by atoms with E-state index in [-0.39, 0.29) is 6.54 Å². The molecular formula is C16H20F3N3O3S. The lowest BCUT2D eigenvalue weighted by Crippen LogP contribution is -2.36. The normalized spacial score (nSPS) is 12.3. The van der Waals surface area contributed by atoms with Gasteiger partial charge in [-0.15, -0.1) is 0 Å². The summed E-state index contributed by atoms with van der Waals surface area (Å²) in [7, 11) is -3.68. The maximum absolute atomic E-state index is 12.2. The second kappa shape index (κ2) is 8.54. The molecule has 1 aromatic carbocycles. The minimum atomic E-state index is -5.27. The van der Waals surface area contributed by atoms with E-state index in [2.05, 4.69) is 10.3 Å². The number of nitrogens with zero attached hydrogens (tertiary/aromatic N) is 1. The Morgan fingerprint density at radius 3 is 2.54 bits per heavy atom. The molecule has 2 N–H and O–H groups in total. The number of alkyl halides is 3. The number of methoxy groups -OCH3 is 1. The molecule has 1 aromatic heterocycles. The molecule has 0 amide bonds. The number of benzene rings is 1. The molecule has 2 aromatic rings. The fraction of sp³-hybridized carbons (Fsp3) is 0.438. The van der Waals surface area contributed by atoms with E-state index in [0.717, 1.165) is 16.6 Å². The van der Waals surface area contributed by atoms with Gasteiger partial charge in [-0.25, -0.2) is 13.1 Å². The van der Waals surface area contributed by atoms with Gasteiger partial charge in [0.1, 0.15) is 11.3 Å². The molecule has 0 radical (unpaired) electrons. The van der Waals surface area contributed by atoms with E-state index in [1.165, 1.54) is 0 Å². The van der Waals surface area contributed by atoms with Crippen molar-refractivity contribution in [3.63, 3.8) is 0 Å². The fourth-order valence-electron chi connectivity index (χ4n) is 2.41. The number of aromatic nitrogens is 1. The fourth-order valence-corrected chi connectivity index (χ4v) is 2.98. The third-order valence-electron chi connectivity index (χ3n) is 3.72. The molecule has 26 heavy (non-hydrogen) atoms. The molecule has 0 fully saturated rings. The second-order valence-corrected chi connectivity index (χ2v) is 7.30. The second-order valence-electron chi connectivity index (χ2n) is 5.55. The van der Waals surface area contributed by atoms with Crippen LogP contribution in [0.25, 0.3) is 10.9 Å². The largest absolute Gasteiger partial charge is 0.511 e. The highest BCUT2D eigenvalue weighted by atomic mass is 32.2. The molecule has 0 saturated heterocycles. The molecule has 0 aliphatic carbocycles. The molecule has 2 rings (SSSR count). The van der Waals surface area contributed by atoms with E-state index < -0.39 is 15.5 Å². The number of pyridine rings is 1. The SMILES string of the molecule is COc1cccc2c(NCCCCCNS(=O)(=O)C(F)(F)F)ccnc12. The van der Waals surface area contributed by atoms with Gasteiger partial charge in [0.2, 0.25) is 0 Å². The Balaban J connectivity index is 1.78. The summed E-state index contributed by atoms with van der Waals surface area (Å²) in [4.78, 5) is 4.30. The highest BCUT2D eigenvalue weighted by molar-refractivity contribution is 7.90. The molecule has 0 unspecified atom stereocenters. The van der Waals surface area contributed by atoms with Crippen LogP contribution in [0.3, 0.4) is 0 Å². The van der Waals surface area contributed by atoms with Crippen molar-refractivity contribution in [3.05, 3.63) is 30.5 Å². The van der Waals surface area contributed by atoms with Crippen LogP contribution in [0.1, 0.15) is 19.3 Å². The van der Waals surface area contributed by atoms with Gasteiger partial charge in [-0.3, -0.25) is 4.98 Å². The van der Waals surface area contributed by atoms with Gasteiger partial charge in [0, 0.05) is 30.4 Å². The van der Waals surface area contributed by atoms with Crippen molar-refractivity contribution >= 4 is 26.6 Å². The van der Waals surface area contributed by atoms with Crippen LogP contribution in [0.5, 0.6) is 5.75 Å². The number of hydrogen-bond donors (Lipinski definition) is 2. The lowest BCUT2D eigenvalue weighted by molar-refractivity contribution is -0.0447. The Kier molecular flexibility index (Phi) is 6.65. The van der Waals surface area contributed by atoms with Crippen LogP contribution in [-0.4, -0.2) is 39.1 Å². The number of nitrogens with one attached hydrogen (secondary N) is 2. The average Bonchev–Trinajstić information content (AvgIpc) is 2.59. The standard InChI is InChI=1S/C16H20F3N3O3S/c1-25-14-7-5-6-12-13(8-11-21-15(12)14)20-9-3-2-4-10-22-26(23,24)16(17,18)19/h5-8,11,22H,2-4,9-10H2,1H3,(H,20,21). The van der Waals surface area contributed by atoms with Gasteiger partial charge in [-0.05, 0) is 25.0 Å². The van der Waals surface area contributed by atoms with Crippen molar-refractivity contribution in [1.29, 1.82) is 0 Å². The summed E-state index contributed by atoms with van der Waals surface area (Å²) in [5.41, 5.74) is -3.65. The third kappa shape index (κ3) is 4.98. The Morgan fingerprint density at radius 1 is 1.12 bits per heavy atom. The molecule has 10 heteroatoms. The average molecular weight is 391 g/mol. The first-order valence-corrected chi connectivity index (χ1v) is 9.46. The van der Waals surface area contributed by atoms with Crippen molar-refractivity contribution in [2.75, 3.05) is 25.5 Å². The summed E-state index contributed by atoms with van der Waals surface area (Å²) in [5.74, 6) is 0.670. The van der Waals surface area contributed by atoms with Crippen LogP contribution in [-0.2, 0) is 10.0 Å². The number of rotatable bonds is 9. The number of ether oxygens (including phenoxy) is 1. The Labute approximate surface area is 149 Å². The van der Waals surface area contributed by atoms with Crippen molar-refractivity contribution < 1.29 is 26.3 Å². The van der Waals surface area contributed by atoms with Crippen LogP contribution < -0.4 is 14.8 Å². The molecular weight excluding hydrogens is 371 g/mol. The van der Waals surface area contributed by atoms with Crippen molar-refractivity contribution in [2.24, 2.45) is 0 Å². The summed E-state index contributed by atoms with van der Waals surface area (Å²) < 4.78 is 65.0. The zero-order chi connectivity index (χ0) is 19.2. The van der Waals surface area contributed by atoms with Crippen molar-refractivity contribution in [2.45, 2.75) is 24.8 Å². The van der Waals surface area contributed by atoms with Crippen molar-refractivity contribution in [1.82, 2.24) is 9.71 Å². The number of fused-ring (bicyclic) bond motifs is 1. The molecule has 0 aliphatic rings. The van der Waals surface area contributed by atoms with Crippen LogP contribution in [0.15, 0.2) is 30.5 Å². The molecule has 144 valence electrons. The van der Waals surface area contributed by atoms with Crippen LogP contribution >= 0.6 is 0 Å². The van der Waals surface area contributed by atoms with Crippen LogP contribution in [0.4, 0.5) is 18.9 Å². The van der Waals surface area contributed by atoms with Gasteiger partial charge < -0.3 is 10.1 Å². The lowest BCUT2D eigenvalue weighted by Gasteiger charge is -2.11. The van der Waals surface area contributed by atoms with Gasteiger partial charge in [0.15, 0.2) is 0 Å². The molecule has 1 heterocycles. The monoisotopic (exact) mass is 391 g/mol. The molecule has 0 aliphatic heterocycles. The highest BCUT2D eigenvalue weighted by Gasteiger charge is 2.45. The summed E-state index contributed by atoms with van der Waals surface area (Å²) in [6.45, 7) is 0.361. The van der Waals surface area contributed by atoms with E-state index in [0.29, 0.717) is 31.6 Å². The van der Waals surface area contributed by atoms with Gasteiger partial charge in [0.05, 0.1) is 7.11 Å². The predicted molar refractivity (Wildman–Crippen MR) is 93.6 cm³/mol. The van der Waals surface area contributed by atoms with Gasteiger partial charge in [-0.1, -0.05) is 18.6 Å². The quantitative estimate of drug-likeness (QED) is 0.642. The minimum Gasteiger partial charge on any atom is -0.494 e. The van der Waals surface area contributed by atoms with E-state index in [1.54, 1.807) is 18.0 Å². The van der Waals surface area contributed by atoms with Crippen LogP contribution in [0.2, 0.25) is 0 Å². The summed E-state index contributed by atoms with van der Waals surface area (Å²) in [5, 5.41) is 4.16. The number of unbranched alkanes of at least 4 members (excludes halogenated alkanes) is 2. The number of halogens is 3. The zero-order valence-electron chi connectivity index (χ0n) is 14.1. The molecule has 6 nitrogen and oxygen atoms in total. The van der Waals surface area contributed by atoms with E-state index in [4.69, 9.17) is 4.74 Å². The topological polar surface area (TPSA) is 80.3 Å². The first-order valence-electron chi connectivity index (χ1n) is 7.98. The zero-order valence-corrected chi connectivity index (χ0v) is 15.0. The maximum atomic E-state index is 12.2. The first kappa shape index (κ1) is 20.2. The Morgan fingerprint density at radius 2 is 1.85 bits per heavy atom. The maximum Gasteiger partial charge on any atom is 0.511 e. The number of sulfonamides is 1. The smallest absolute Gasteiger partial charge is 0.494 e. The lowest BCUT2D eigenvalue weighted by atomic mass is 10.1. The molecule has 0 bridgehead atoms. The van der Waals surface area contributed by atoms with E-state index >= 15 is 0 Å². The van der Waals surface area contributed by atoms with E-state index in [9.17, 15) is 21.6 Å². The Bertz CT molecular complexity index is 841. The van der Waals surface area contributed by atoms with Gasteiger partial charge >= 0.3 is 15.5 Å². The molecule has 0 saturated carbocycles.